The van der Waals surface area contributed by atoms with Crippen LogP contribution in [0.4, 0.5) is 4.79 Å². The fraction of sp³-hybridized carbons (Fsp3) is 0.652. The van der Waals surface area contributed by atoms with Crippen LogP contribution >= 0.6 is 0 Å². The largest absolute Gasteiger partial charge is 0.508 e. The molecule has 1 aromatic carbocycles. The summed E-state index contributed by atoms with van der Waals surface area (Å²) in [7, 11) is 2.06. The van der Waals surface area contributed by atoms with Crippen LogP contribution in [-0.2, 0) is 16.6 Å². The third kappa shape index (κ3) is 2.17. The van der Waals surface area contributed by atoms with E-state index in [1.165, 1.54) is 0 Å². The van der Waals surface area contributed by atoms with E-state index >= 15 is 0 Å². The number of urea groups is 1. The number of hydrogen-bond acceptors (Lipinski definition) is 5. The number of imide groups is 1. The molecule has 2 bridgehead atoms. The second-order valence-corrected chi connectivity index (χ2v) is 10.3. The van der Waals surface area contributed by atoms with Gasteiger partial charge in [0, 0.05) is 18.0 Å². The van der Waals surface area contributed by atoms with Crippen molar-refractivity contribution in [2.75, 3.05) is 20.1 Å². The molecule has 7 heteroatoms. The number of nitrogens with zero attached hydrogens (tertiary/aromatic N) is 2. The Morgan fingerprint density at radius 1 is 1.20 bits per heavy atom. The molecule has 2 heterocycles. The number of rotatable bonds is 2. The van der Waals surface area contributed by atoms with Crippen molar-refractivity contribution in [3.63, 3.8) is 0 Å². The van der Waals surface area contributed by atoms with Crippen molar-refractivity contribution < 1.29 is 19.8 Å². The highest BCUT2D eigenvalue weighted by atomic mass is 16.3. The SMILES string of the molecule is CN1CC[C@]23C[C@@]4(CC[C@@]2(O)[C@H]1Cc1ccc(O)cc13)C(=O)NC(=O)N4CC1CC1. The Kier molecular flexibility index (Phi) is 3.58. The molecule has 4 atom stereocenters. The molecular formula is C23H29N3O4. The van der Waals surface area contributed by atoms with E-state index in [-0.39, 0.29) is 23.7 Å². The quantitative estimate of drug-likeness (QED) is 0.642. The standard InChI is InChI=1S/C23H29N3O4/c1-25-9-8-21-13-22(19(28)24-20(29)26(22)12-14-2-3-14)6-7-23(21,30)18(25)10-15-4-5-16(27)11-17(15)21/h4-5,11,14,18,27,30H,2-3,6-10,12-13H2,1H3,(H,24,28,29)/t18-,21-,22+,23-/m1/s1. The number of likely N-dealkylation sites (tertiary alicyclic amines) is 1. The molecule has 2 saturated carbocycles. The molecule has 5 aliphatic rings. The lowest BCUT2D eigenvalue weighted by Gasteiger charge is -2.66. The molecule has 2 aliphatic heterocycles. The average molecular weight is 412 g/mol. The molecule has 7 nitrogen and oxygen atoms in total. The van der Waals surface area contributed by atoms with E-state index in [2.05, 4.69) is 17.3 Å². The number of phenols is 1. The summed E-state index contributed by atoms with van der Waals surface area (Å²) in [5.74, 6) is 0.446. The van der Waals surface area contributed by atoms with Crippen LogP contribution in [0.25, 0.3) is 0 Å². The van der Waals surface area contributed by atoms with E-state index in [1.54, 1.807) is 17.0 Å². The number of phenolic OH excluding ortho intramolecular Hbond substituents is 1. The predicted octanol–water partition coefficient (Wildman–Crippen LogP) is 1.51. The number of nitrogens with one attached hydrogen (secondary N) is 1. The first-order valence-electron chi connectivity index (χ1n) is 11.2. The van der Waals surface area contributed by atoms with Crippen LogP contribution in [0.15, 0.2) is 18.2 Å². The van der Waals surface area contributed by atoms with Crippen molar-refractivity contribution in [3.05, 3.63) is 29.3 Å². The van der Waals surface area contributed by atoms with Crippen LogP contribution in [0.3, 0.4) is 0 Å². The van der Waals surface area contributed by atoms with Crippen LogP contribution in [0.5, 0.6) is 5.75 Å². The van der Waals surface area contributed by atoms with E-state index in [4.69, 9.17) is 0 Å². The first-order valence-corrected chi connectivity index (χ1v) is 11.2. The molecule has 1 spiro atoms. The Labute approximate surface area is 176 Å². The summed E-state index contributed by atoms with van der Waals surface area (Å²) in [6, 6.07) is 5.14. The minimum atomic E-state index is -0.983. The predicted molar refractivity (Wildman–Crippen MR) is 109 cm³/mol. The number of hydrogen-bond donors (Lipinski definition) is 3. The summed E-state index contributed by atoms with van der Waals surface area (Å²) < 4.78 is 0. The van der Waals surface area contributed by atoms with E-state index in [0.29, 0.717) is 38.1 Å². The summed E-state index contributed by atoms with van der Waals surface area (Å²) >= 11 is 0. The van der Waals surface area contributed by atoms with Crippen molar-refractivity contribution in [3.8, 4) is 5.75 Å². The maximum absolute atomic E-state index is 13.2. The van der Waals surface area contributed by atoms with Crippen LogP contribution in [0, 0.1) is 5.92 Å². The Hall–Kier alpha value is -2.12. The number of aromatic hydroxyl groups is 1. The van der Waals surface area contributed by atoms with Crippen molar-refractivity contribution >= 4 is 11.9 Å². The van der Waals surface area contributed by atoms with Gasteiger partial charge in [-0.25, -0.2) is 4.79 Å². The van der Waals surface area contributed by atoms with Crippen LogP contribution in [-0.4, -0.2) is 69.3 Å². The van der Waals surface area contributed by atoms with Gasteiger partial charge in [-0.05, 0) is 87.7 Å². The Balaban J connectivity index is 1.52. The fourth-order valence-corrected chi connectivity index (χ4v) is 7.08. The van der Waals surface area contributed by atoms with Gasteiger partial charge >= 0.3 is 6.03 Å². The van der Waals surface area contributed by atoms with Crippen molar-refractivity contribution in [2.45, 2.75) is 67.5 Å². The smallest absolute Gasteiger partial charge is 0.325 e. The van der Waals surface area contributed by atoms with Crippen LogP contribution in [0.1, 0.15) is 49.7 Å². The molecule has 3 aliphatic carbocycles. The third-order valence-electron chi connectivity index (χ3n) is 8.88. The van der Waals surface area contributed by atoms with Gasteiger partial charge in [0.15, 0.2) is 0 Å². The van der Waals surface area contributed by atoms with Crippen molar-refractivity contribution in [1.29, 1.82) is 0 Å². The lowest BCUT2D eigenvalue weighted by atomic mass is 9.46. The number of fused-ring (bicyclic) bond motifs is 1. The van der Waals surface area contributed by atoms with E-state index in [0.717, 1.165) is 36.9 Å². The van der Waals surface area contributed by atoms with Crippen molar-refractivity contribution in [1.82, 2.24) is 15.1 Å². The van der Waals surface area contributed by atoms with Gasteiger partial charge in [-0.3, -0.25) is 10.1 Å². The first-order chi connectivity index (χ1) is 14.3. The van der Waals surface area contributed by atoms with Gasteiger partial charge in [-0.2, -0.15) is 0 Å². The van der Waals surface area contributed by atoms with Gasteiger partial charge in [0.1, 0.15) is 11.3 Å². The molecule has 160 valence electrons. The Morgan fingerprint density at radius 3 is 2.77 bits per heavy atom. The highest BCUT2D eigenvalue weighted by Gasteiger charge is 2.70. The maximum Gasteiger partial charge on any atom is 0.325 e. The normalized spacial score (nSPS) is 40.3. The zero-order valence-electron chi connectivity index (χ0n) is 17.4. The average Bonchev–Trinajstić information content (AvgIpc) is 3.50. The van der Waals surface area contributed by atoms with E-state index in [9.17, 15) is 19.8 Å². The fourth-order valence-electron chi connectivity index (χ4n) is 7.08. The molecule has 30 heavy (non-hydrogen) atoms. The number of amides is 3. The highest BCUT2D eigenvalue weighted by Crippen LogP contribution is 2.61. The molecule has 3 amide bonds. The molecule has 0 unspecified atom stereocenters. The number of carbonyl (C=O) groups is 2. The summed E-state index contributed by atoms with van der Waals surface area (Å²) in [5.41, 5.74) is -0.453. The molecular weight excluding hydrogens is 382 g/mol. The van der Waals surface area contributed by atoms with Gasteiger partial charge in [-0.1, -0.05) is 6.07 Å². The molecule has 1 aromatic rings. The number of benzene rings is 1. The minimum Gasteiger partial charge on any atom is -0.508 e. The molecule has 0 radical (unpaired) electrons. The topological polar surface area (TPSA) is 93.1 Å². The Bertz CT molecular complexity index is 962. The van der Waals surface area contributed by atoms with E-state index in [1.807, 2.05) is 6.07 Å². The summed E-state index contributed by atoms with van der Waals surface area (Å²) in [5, 5.41) is 25.1. The van der Waals surface area contributed by atoms with E-state index < -0.39 is 16.6 Å². The summed E-state index contributed by atoms with van der Waals surface area (Å²) in [4.78, 5) is 30.0. The van der Waals surface area contributed by atoms with Gasteiger partial charge in [0.25, 0.3) is 5.91 Å². The molecule has 4 fully saturated rings. The lowest BCUT2D eigenvalue weighted by Crippen LogP contribution is -2.76. The second-order valence-electron chi connectivity index (χ2n) is 10.3. The zero-order valence-corrected chi connectivity index (χ0v) is 17.4. The third-order valence-corrected chi connectivity index (χ3v) is 8.88. The maximum atomic E-state index is 13.2. The van der Waals surface area contributed by atoms with Crippen LogP contribution in [0.2, 0.25) is 0 Å². The van der Waals surface area contributed by atoms with Gasteiger partial charge in [0.05, 0.1) is 5.60 Å². The van der Waals surface area contributed by atoms with Gasteiger partial charge < -0.3 is 20.0 Å². The summed E-state index contributed by atoms with van der Waals surface area (Å²) in [6.07, 6.45) is 5.01. The second kappa shape index (κ2) is 5.77. The minimum absolute atomic E-state index is 0.0299. The summed E-state index contributed by atoms with van der Waals surface area (Å²) in [6.45, 7) is 1.43. The first kappa shape index (κ1) is 18.6. The molecule has 0 aromatic heterocycles. The number of likely N-dealkylation sites (N-methyl/N-ethyl adjacent to an activating group) is 1. The number of aliphatic hydroxyl groups is 1. The van der Waals surface area contributed by atoms with Crippen LogP contribution < -0.4 is 5.32 Å². The zero-order chi connectivity index (χ0) is 20.9. The lowest BCUT2D eigenvalue weighted by molar-refractivity contribution is -0.183. The van der Waals surface area contributed by atoms with Gasteiger partial charge in [0.2, 0.25) is 0 Å². The number of carbonyl (C=O) groups excluding carboxylic acids is 2. The number of piperidine rings is 1. The molecule has 3 N–H and O–H groups in total. The highest BCUT2D eigenvalue weighted by molar-refractivity contribution is 6.07. The molecule has 6 rings (SSSR count). The molecule has 2 saturated heterocycles. The van der Waals surface area contributed by atoms with Gasteiger partial charge in [-0.15, -0.1) is 0 Å². The van der Waals surface area contributed by atoms with Crippen molar-refractivity contribution in [2.24, 2.45) is 5.92 Å². The Morgan fingerprint density at radius 2 is 2.00 bits per heavy atom. The monoisotopic (exact) mass is 411 g/mol.